The van der Waals surface area contributed by atoms with E-state index in [0.717, 1.165) is 17.5 Å². The number of carboxylic acids is 1. The van der Waals surface area contributed by atoms with Gasteiger partial charge in [0.1, 0.15) is 5.82 Å². The van der Waals surface area contributed by atoms with Crippen molar-refractivity contribution in [1.29, 1.82) is 0 Å². The van der Waals surface area contributed by atoms with Gasteiger partial charge in [0.25, 0.3) is 0 Å². The number of aryl methyl sites for hydroxylation is 1. The van der Waals surface area contributed by atoms with Gasteiger partial charge in [-0.3, -0.25) is 0 Å². The van der Waals surface area contributed by atoms with Crippen molar-refractivity contribution in [3.05, 3.63) is 40.7 Å². The summed E-state index contributed by atoms with van der Waals surface area (Å²) < 4.78 is 14.2. The van der Waals surface area contributed by atoms with Crippen LogP contribution in [0.5, 0.6) is 0 Å². The zero-order valence-electron chi connectivity index (χ0n) is 8.81. The van der Waals surface area contributed by atoms with E-state index in [4.69, 9.17) is 5.11 Å². The molecule has 1 N–H and O–H groups in total. The Bertz CT molecular complexity index is 568. The lowest BCUT2D eigenvalue weighted by atomic mass is 10.2. The monoisotopic (exact) mass is 269 g/mol. The van der Waals surface area contributed by atoms with Crippen molar-refractivity contribution in [2.45, 2.75) is 16.2 Å². The second kappa shape index (κ2) is 4.85. The Kier molecular flexibility index (Phi) is 3.44. The van der Waals surface area contributed by atoms with Crippen molar-refractivity contribution in [2.24, 2.45) is 0 Å². The van der Waals surface area contributed by atoms with Crippen molar-refractivity contribution >= 4 is 29.1 Å². The van der Waals surface area contributed by atoms with Crippen molar-refractivity contribution in [3.63, 3.8) is 0 Å². The maximum atomic E-state index is 13.6. The number of benzene rings is 1. The molecule has 0 saturated heterocycles. The number of hydrogen-bond donors (Lipinski definition) is 1. The Morgan fingerprint density at radius 2 is 2.29 bits per heavy atom. The molecule has 0 aliphatic carbocycles. The number of carbonyl (C=O) groups is 1. The molecule has 1 heterocycles. The minimum absolute atomic E-state index is 0.0390. The van der Waals surface area contributed by atoms with Gasteiger partial charge in [0, 0.05) is 11.1 Å². The number of carboxylic acid groups (broad SMARTS) is 1. The first-order valence-electron chi connectivity index (χ1n) is 4.69. The van der Waals surface area contributed by atoms with E-state index in [-0.39, 0.29) is 10.5 Å². The maximum Gasteiger partial charge on any atom is 0.336 e. The van der Waals surface area contributed by atoms with E-state index in [2.05, 4.69) is 4.98 Å². The van der Waals surface area contributed by atoms with Crippen molar-refractivity contribution in [3.8, 4) is 0 Å². The van der Waals surface area contributed by atoms with Gasteiger partial charge in [0.15, 0.2) is 4.34 Å². The van der Waals surface area contributed by atoms with E-state index in [0.29, 0.717) is 4.34 Å². The lowest BCUT2D eigenvalue weighted by Crippen LogP contribution is -2.00. The molecule has 2 rings (SSSR count). The van der Waals surface area contributed by atoms with E-state index in [1.54, 1.807) is 0 Å². The summed E-state index contributed by atoms with van der Waals surface area (Å²) >= 11 is 2.41. The first kappa shape index (κ1) is 12.1. The summed E-state index contributed by atoms with van der Waals surface area (Å²) in [7, 11) is 0. The van der Waals surface area contributed by atoms with Gasteiger partial charge < -0.3 is 5.11 Å². The largest absolute Gasteiger partial charge is 0.478 e. The van der Waals surface area contributed by atoms with Gasteiger partial charge in [0.2, 0.25) is 0 Å². The first-order valence-corrected chi connectivity index (χ1v) is 6.39. The highest BCUT2D eigenvalue weighted by Crippen LogP contribution is 2.34. The number of thiazole rings is 1. The second-order valence-corrected chi connectivity index (χ2v) is 5.39. The van der Waals surface area contributed by atoms with Crippen LogP contribution in [0.4, 0.5) is 4.39 Å². The van der Waals surface area contributed by atoms with Crippen molar-refractivity contribution < 1.29 is 14.3 Å². The Labute approximate surface area is 105 Å². The topological polar surface area (TPSA) is 50.2 Å². The van der Waals surface area contributed by atoms with E-state index in [1.165, 1.54) is 29.5 Å². The Hall–Kier alpha value is -1.40. The molecule has 0 spiro atoms. The third-order valence-corrected chi connectivity index (χ3v) is 4.16. The lowest BCUT2D eigenvalue weighted by Gasteiger charge is -2.04. The Balaban J connectivity index is 2.40. The third-order valence-electron chi connectivity index (χ3n) is 1.98. The summed E-state index contributed by atoms with van der Waals surface area (Å²) in [6.45, 7) is 1.83. The number of halogens is 1. The molecule has 0 fully saturated rings. The summed E-state index contributed by atoms with van der Waals surface area (Å²) in [4.78, 5) is 15.2. The number of hydrogen-bond acceptors (Lipinski definition) is 4. The highest BCUT2D eigenvalue weighted by atomic mass is 32.2. The molecule has 6 heteroatoms. The minimum Gasteiger partial charge on any atom is -0.478 e. The van der Waals surface area contributed by atoms with Gasteiger partial charge in [-0.05, 0) is 19.1 Å². The fraction of sp³-hybridized carbons (Fsp3) is 0.0909. The average Bonchev–Trinajstić information content (AvgIpc) is 2.67. The van der Waals surface area contributed by atoms with E-state index >= 15 is 0 Å². The molecular formula is C11H8FNO2S2. The van der Waals surface area contributed by atoms with Gasteiger partial charge in [-0.15, -0.1) is 11.3 Å². The summed E-state index contributed by atoms with van der Waals surface area (Å²) in [6, 6.07) is 4.01. The van der Waals surface area contributed by atoms with Crippen LogP contribution in [-0.2, 0) is 0 Å². The van der Waals surface area contributed by atoms with E-state index in [1.807, 2.05) is 12.3 Å². The van der Waals surface area contributed by atoms with Crippen LogP contribution in [0.15, 0.2) is 32.8 Å². The lowest BCUT2D eigenvalue weighted by molar-refractivity contribution is 0.0692. The predicted molar refractivity (Wildman–Crippen MR) is 64.3 cm³/mol. The van der Waals surface area contributed by atoms with Gasteiger partial charge in [-0.2, -0.15) is 0 Å². The minimum atomic E-state index is -1.14. The van der Waals surface area contributed by atoms with Gasteiger partial charge in [-0.1, -0.05) is 17.8 Å². The highest BCUT2D eigenvalue weighted by Gasteiger charge is 2.16. The van der Waals surface area contributed by atoms with Gasteiger partial charge in [0.05, 0.1) is 10.5 Å². The van der Waals surface area contributed by atoms with E-state index < -0.39 is 11.8 Å². The molecule has 0 amide bonds. The molecule has 88 valence electrons. The van der Waals surface area contributed by atoms with Crippen LogP contribution in [0.2, 0.25) is 0 Å². The molecular weight excluding hydrogens is 261 g/mol. The average molecular weight is 269 g/mol. The Morgan fingerprint density at radius 1 is 1.53 bits per heavy atom. The number of rotatable bonds is 3. The molecule has 0 aliphatic heterocycles. The Morgan fingerprint density at radius 3 is 2.88 bits per heavy atom. The summed E-state index contributed by atoms with van der Waals surface area (Å²) in [5.74, 6) is -1.68. The maximum absolute atomic E-state index is 13.6. The summed E-state index contributed by atoms with van der Waals surface area (Å²) in [6.07, 6.45) is 0. The van der Waals surface area contributed by atoms with Gasteiger partial charge >= 0.3 is 5.97 Å². The quantitative estimate of drug-likeness (QED) is 0.927. The summed E-state index contributed by atoms with van der Waals surface area (Å²) in [5.41, 5.74) is 0.800. The smallest absolute Gasteiger partial charge is 0.336 e. The highest BCUT2D eigenvalue weighted by molar-refractivity contribution is 8.01. The third kappa shape index (κ3) is 2.65. The van der Waals surface area contributed by atoms with Crippen LogP contribution in [0.3, 0.4) is 0 Å². The first-order chi connectivity index (χ1) is 8.08. The summed E-state index contributed by atoms with van der Waals surface area (Å²) in [5, 5.41) is 10.8. The molecule has 0 aliphatic rings. The fourth-order valence-corrected chi connectivity index (χ4v) is 3.15. The molecule has 1 aromatic carbocycles. The molecule has 2 aromatic rings. The molecule has 0 radical (unpaired) electrons. The van der Waals surface area contributed by atoms with E-state index in [9.17, 15) is 9.18 Å². The standard InChI is InChI=1S/C11H8FNO2S2/c1-6-5-16-11(13-6)17-9-7(10(14)15)3-2-4-8(9)12/h2-5H,1H3,(H,14,15). The number of nitrogens with zero attached hydrogens (tertiary/aromatic N) is 1. The number of aromatic nitrogens is 1. The SMILES string of the molecule is Cc1csc(Sc2c(F)cccc2C(=O)O)n1. The molecule has 0 unspecified atom stereocenters. The van der Waals surface area contributed by atoms with Gasteiger partial charge in [-0.25, -0.2) is 14.2 Å². The normalized spacial score (nSPS) is 10.5. The van der Waals surface area contributed by atoms with Crippen LogP contribution < -0.4 is 0 Å². The van der Waals surface area contributed by atoms with Crippen LogP contribution in [0.25, 0.3) is 0 Å². The molecule has 0 bridgehead atoms. The number of aromatic carboxylic acids is 1. The predicted octanol–water partition coefficient (Wildman–Crippen LogP) is 3.44. The van der Waals surface area contributed by atoms with Crippen LogP contribution in [0.1, 0.15) is 16.1 Å². The molecule has 1 aromatic heterocycles. The zero-order valence-corrected chi connectivity index (χ0v) is 10.4. The fourth-order valence-electron chi connectivity index (χ4n) is 1.25. The van der Waals surface area contributed by atoms with Crippen LogP contribution in [-0.4, -0.2) is 16.1 Å². The second-order valence-electron chi connectivity index (χ2n) is 3.28. The zero-order chi connectivity index (χ0) is 12.4. The van der Waals surface area contributed by atoms with Crippen molar-refractivity contribution in [1.82, 2.24) is 4.98 Å². The van der Waals surface area contributed by atoms with Crippen LogP contribution in [0, 0.1) is 12.7 Å². The molecule has 3 nitrogen and oxygen atoms in total. The molecule has 17 heavy (non-hydrogen) atoms. The van der Waals surface area contributed by atoms with Crippen LogP contribution >= 0.6 is 23.1 Å². The van der Waals surface area contributed by atoms with Crippen molar-refractivity contribution in [2.75, 3.05) is 0 Å². The molecule has 0 atom stereocenters. The molecule has 0 saturated carbocycles.